The van der Waals surface area contributed by atoms with Crippen LogP contribution in [0.4, 0.5) is 18.0 Å². The van der Waals surface area contributed by atoms with Crippen LogP contribution in [-0.4, -0.2) is 43.3 Å². The van der Waals surface area contributed by atoms with Gasteiger partial charge in [0, 0.05) is 12.8 Å². The zero-order valence-electron chi connectivity index (χ0n) is 13.5. The Morgan fingerprint density at radius 1 is 1.24 bits per heavy atom. The van der Waals surface area contributed by atoms with E-state index in [0.717, 1.165) is 23.3 Å². The Hall–Kier alpha value is -2.10. The van der Waals surface area contributed by atoms with E-state index in [-0.39, 0.29) is 13.0 Å². The summed E-state index contributed by atoms with van der Waals surface area (Å²) in [6, 6.07) is 2.64. The molecule has 0 saturated carbocycles. The molecule has 2 unspecified atom stereocenters. The van der Waals surface area contributed by atoms with Crippen LogP contribution in [0.1, 0.15) is 30.5 Å². The van der Waals surface area contributed by atoms with E-state index in [1.165, 1.54) is 19.1 Å². The summed E-state index contributed by atoms with van der Waals surface area (Å²) in [5, 5.41) is 1.61. The molecule has 1 aromatic carbocycles. The van der Waals surface area contributed by atoms with Crippen LogP contribution in [0.25, 0.3) is 0 Å². The van der Waals surface area contributed by atoms with E-state index in [2.05, 4.69) is 5.32 Å². The van der Waals surface area contributed by atoms with Gasteiger partial charge in [-0.3, -0.25) is 9.69 Å². The van der Waals surface area contributed by atoms with Gasteiger partial charge in [0.25, 0.3) is 0 Å². The average Bonchev–Trinajstić information content (AvgIpc) is 2.48. The van der Waals surface area contributed by atoms with Crippen molar-refractivity contribution in [3.63, 3.8) is 0 Å². The third-order valence-corrected chi connectivity index (χ3v) is 5.64. The van der Waals surface area contributed by atoms with Crippen molar-refractivity contribution in [2.75, 3.05) is 12.8 Å². The Balaban J connectivity index is 2.12. The highest BCUT2D eigenvalue weighted by Gasteiger charge is 2.35. The monoisotopic (exact) mass is 378 g/mol. The maximum atomic E-state index is 12.6. The van der Waals surface area contributed by atoms with E-state index in [4.69, 9.17) is 0 Å². The lowest BCUT2D eigenvalue weighted by Gasteiger charge is -2.32. The highest BCUT2D eigenvalue weighted by Crippen LogP contribution is 2.31. The van der Waals surface area contributed by atoms with Gasteiger partial charge in [0.2, 0.25) is 5.91 Å². The van der Waals surface area contributed by atoms with Crippen molar-refractivity contribution in [3.8, 4) is 0 Å². The lowest BCUT2D eigenvalue weighted by atomic mass is 10.00. The normalized spacial score (nSPS) is 20.4. The molecule has 0 bridgehead atoms. The SMILES string of the molecule is CC(CN1C(=O)CC(c2ccc(C(F)(F)F)cc2)NC1=O)S(C)(=O)=O. The van der Waals surface area contributed by atoms with Crippen molar-refractivity contribution in [3.05, 3.63) is 35.4 Å². The Morgan fingerprint density at radius 2 is 1.80 bits per heavy atom. The molecule has 3 amide bonds. The topological polar surface area (TPSA) is 83.6 Å². The molecule has 2 rings (SSSR count). The summed E-state index contributed by atoms with van der Waals surface area (Å²) in [6.45, 7) is 1.11. The molecule has 0 radical (unpaired) electrons. The van der Waals surface area contributed by atoms with E-state index in [1.807, 2.05) is 0 Å². The number of halogens is 3. The van der Waals surface area contributed by atoms with Crippen LogP contribution in [0.2, 0.25) is 0 Å². The molecule has 1 aliphatic rings. The minimum atomic E-state index is -4.47. The highest BCUT2D eigenvalue weighted by molar-refractivity contribution is 7.91. The number of amides is 3. The molecular formula is C15H17F3N2O4S. The van der Waals surface area contributed by atoms with Gasteiger partial charge in [-0.05, 0) is 24.6 Å². The number of rotatable bonds is 4. The van der Waals surface area contributed by atoms with Crippen LogP contribution in [0.15, 0.2) is 24.3 Å². The summed E-state index contributed by atoms with van der Waals surface area (Å²) in [5.74, 6) is -0.579. The van der Waals surface area contributed by atoms with E-state index in [0.29, 0.717) is 5.56 Å². The smallest absolute Gasteiger partial charge is 0.330 e. The lowest BCUT2D eigenvalue weighted by molar-refractivity contribution is -0.137. The molecule has 1 saturated heterocycles. The van der Waals surface area contributed by atoms with Crippen LogP contribution in [-0.2, 0) is 20.8 Å². The van der Waals surface area contributed by atoms with E-state index >= 15 is 0 Å². The summed E-state index contributed by atoms with van der Waals surface area (Å²) >= 11 is 0. The number of carbonyl (C=O) groups is 2. The molecule has 0 aromatic heterocycles. The average molecular weight is 378 g/mol. The van der Waals surface area contributed by atoms with Crippen molar-refractivity contribution in [2.45, 2.75) is 30.8 Å². The first-order chi connectivity index (χ1) is 11.4. The largest absolute Gasteiger partial charge is 0.416 e. The van der Waals surface area contributed by atoms with Crippen molar-refractivity contribution < 1.29 is 31.2 Å². The number of nitrogens with one attached hydrogen (secondary N) is 1. The van der Waals surface area contributed by atoms with Crippen LogP contribution in [0, 0.1) is 0 Å². The fourth-order valence-corrected chi connectivity index (χ4v) is 2.78. The van der Waals surface area contributed by atoms with Crippen LogP contribution >= 0.6 is 0 Å². The molecule has 138 valence electrons. The Labute approximate surface area is 142 Å². The summed E-state index contributed by atoms with van der Waals surface area (Å²) in [5.41, 5.74) is -0.459. The number of hydrogen-bond acceptors (Lipinski definition) is 4. The summed E-state index contributed by atoms with van der Waals surface area (Å²) in [6.07, 6.45) is -3.62. The van der Waals surface area contributed by atoms with Crippen LogP contribution < -0.4 is 5.32 Å². The first kappa shape index (κ1) is 19.2. The minimum Gasteiger partial charge on any atom is -0.330 e. The van der Waals surface area contributed by atoms with Crippen molar-refractivity contribution in [2.24, 2.45) is 0 Å². The number of nitrogens with zero attached hydrogens (tertiary/aromatic N) is 1. The van der Waals surface area contributed by atoms with Crippen molar-refractivity contribution in [1.29, 1.82) is 0 Å². The highest BCUT2D eigenvalue weighted by atomic mass is 32.2. The second-order valence-corrected chi connectivity index (χ2v) is 8.43. The number of carbonyl (C=O) groups excluding carboxylic acids is 2. The molecule has 0 spiro atoms. The van der Waals surface area contributed by atoms with E-state index in [9.17, 15) is 31.2 Å². The molecule has 10 heteroatoms. The number of sulfone groups is 1. The fraction of sp³-hybridized carbons (Fsp3) is 0.467. The predicted molar refractivity (Wildman–Crippen MR) is 83.4 cm³/mol. The zero-order valence-corrected chi connectivity index (χ0v) is 14.3. The third kappa shape index (κ3) is 4.50. The van der Waals surface area contributed by atoms with Gasteiger partial charge in [0.15, 0.2) is 9.84 Å². The zero-order chi connectivity index (χ0) is 19.0. The van der Waals surface area contributed by atoms with E-state index in [1.54, 1.807) is 0 Å². The predicted octanol–water partition coefficient (Wildman–Crippen LogP) is 2.12. The molecule has 1 N–H and O–H groups in total. The molecular weight excluding hydrogens is 361 g/mol. The van der Waals surface area contributed by atoms with Crippen LogP contribution in [0.5, 0.6) is 0 Å². The standard InChI is InChI=1S/C15H17F3N2O4S/c1-9(25(2,23)24)8-20-13(21)7-12(19-14(20)22)10-3-5-11(6-4-10)15(16,17)18/h3-6,9,12H,7-8H2,1-2H3,(H,19,22). The number of imide groups is 1. The Kier molecular flexibility index (Phi) is 5.12. The summed E-state index contributed by atoms with van der Waals surface area (Å²) in [4.78, 5) is 25.1. The maximum Gasteiger partial charge on any atom is 0.416 e. The number of urea groups is 1. The number of hydrogen-bond donors (Lipinski definition) is 1. The van der Waals surface area contributed by atoms with Gasteiger partial charge >= 0.3 is 12.2 Å². The second-order valence-electron chi connectivity index (χ2n) is 5.97. The number of alkyl halides is 3. The van der Waals surface area contributed by atoms with E-state index < -0.39 is 44.8 Å². The third-order valence-electron chi connectivity index (χ3n) is 4.03. The lowest BCUT2D eigenvalue weighted by Crippen LogP contribution is -2.53. The summed E-state index contributed by atoms with van der Waals surface area (Å²) in [7, 11) is -3.41. The quantitative estimate of drug-likeness (QED) is 0.870. The van der Waals surface area contributed by atoms with Gasteiger partial charge in [-0.15, -0.1) is 0 Å². The molecule has 1 aromatic rings. The molecule has 25 heavy (non-hydrogen) atoms. The Morgan fingerprint density at radius 3 is 2.24 bits per heavy atom. The van der Waals surface area contributed by atoms with Gasteiger partial charge in [-0.2, -0.15) is 13.2 Å². The van der Waals surface area contributed by atoms with Gasteiger partial charge < -0.3 is 5.32 Å². The molecule has 2 atom stereocenters. The molecule has 6 nitrogen and oxygen atoms in total. The van der Waals surface area contributed by atoms with Gasteiger partial charge in [-0.1, -0.05) is 12.1 Å². The minimum absolute atomic E-state index is 0.159. The van der Waals surface area contributed by atoms with Gasteiger partial charge in [0.05, 0.1) is 23.3 Å². The van der Waals surface area contributed by atoms with Crippen LogP contribution in [0.3, 0.4) is 0 Å². The first-order valence-electron chi connectivity index (χ1n) is 7.36. The fourth-order valence-electron chi connectivity index (χ4n) is 2.36. The Bertz CT molecular complexity index is 757. The van der Waals surface area contributed by atoms with Gasteiger partial charge in [0.1, 0.15) is 0 Å². The number of benzene rings is 1. The van der Waals surface area contributed by atoms with Gasteiger partial charge in [-0.25, -0.2) is 13.2 Å². The molecule has 1 aliphatic heterocycles. The molecule has 1 heterocycles. The molecule has 0 aliphatic carbocycles. The second kappa shape index (κ2) is 6.66. The maximum absolute atomic E-state index is 12.6. The summed E-state index contributed by atoms with van der Waals surface area (Å²) < 4.78 is 60.6. The van der Waals surface area contributed by atoms with Crippen molar-refractivity contribution in [1.82, 2.24) is 10.2 Å². The van der Waals surface area contributed by atoms with Crippen molar-refractivity contribution >= 4 is 21.8 Å². The molecule has 1 fully saturated rings. The first-order valence-corrected chi connectivity index (χ1v) is 9.32.